The number of carbonyl (C=O) groups is 1. The zero-order valence-electron chi connectivity index (χ0n) is 12.5. The average molecular weight is 325 g/mol. The van der Waals surface area contributed by atoms with E-state index in [1.807, 2.05) is 0 Å². The quantitative estimate of drug-likeness (QED) is 0.915. The lowest BCUT2D eigenvalue weighted by atomic mass is 10.0. The number of nitrogens with zero attached hydrogens (tertiary/aromatic N) is 3. The first-order valence-corrected chi connectivity index (χ1v) is 8.26. The lowest BCUT2D eigenvalue weighted by Gasteiger charge is -2.35. The van der Waals surface area contributed by atoms with Crippen molar-refractivity contribution in [3.8, 4) is 6.01 Å². The molecule has 2 aliphatic heterocycles. The number of hydrogen-bond acceptors (Lipinski definition) is 5. The van der Waals surface area contributed by atoms with Crippen molar-refractivity contribution in [1.29, 1.82) is 0 Å². The first kappa shape index (κ1) is 15.5. The second kappa shape index (κ2) is 7.24. The van der Waals surface area contributed by atoms with Crippen LogP contribution in [0.15, 0.2) is 12.4 Å². The van der Waals surface area contributed by atoms with E-state index in [1.54, 1.807) is 0 Å². The van der Waals surface area contributed by atoms with Crippen LogP contribution < -0.4 is 10.1 Å². The number of piperidine rings is 1. The Balaban J connectivity index is 1.51. The Morgan fingerprint density at radius 2 is 1.91 bits per heavy atom. The monoisotopic (exact) mass is 324 g/mol. The highest BCUT2D eigenvalue weighted by atomic mass is 35.5. The third-order valence-electron chi connectivity index (χ3n) is 4.29. The lowest BCUT2D eigenvalue weighted by Crippen LogP contribution is -2.50. The summed E-state index contributed by atoms with van der Waals surface area (Å²) in [6.07, 6.45) is 8.09. The molecule has 2 aliphatic rings. The van der Waals surface area contributed by atoms with Gasteiger partial charge in [0.05, 0.1) is 23.5 Å². The van der Waals surface area contributed by atoms with E-state index < -0.39 is 0 Å². The van der Waals surface area contributed by atoms with Crippen LogP contribution in [0.4, 0.5) is 0 Å². The van der Waals surface area contributed by atoms with Crippen LogP contribution in [0.5, 0.6) is 6.01 Å². The molecule has 22 heavy (non-hydrogen) atoms. The SMILES string of the molecule is O=C1NCCCCC1N1CCC(Oc2ncc(Cl)cn2)CC1. The van der Waals surface area contributed by atoms with Crippen molar-refractivity contribution in [1.82, 2.24) is 20.2 Å². The molecular weight excluding hydrogens is 304 g/mol. The molecule has 0 aromatic carbocycles. The fraction of sp³-hybridized carbons (Fsp3) is 0.667. The molecular formula is C15H21ClN4O2. The fourth-order valence-corrected chi connectivity index (χ4v) is 3.18. The molecule has 1 aromatic rings. The highest BCUT2D eigenvalue weighted by Crippen LogP contribution is 2.21. The van der Waals surface area contributed by atoms with Gasteiger partial charge in [0, 0.05) is 19.6 Å². The van der Waals surface area contributed by atoms with Crippen molar-refractivity contribution < 1.29 is 9.53 Å². The molecule has 7 heteroatoms. The van der Waals surface area contributed by atoms with Gasteiger partial charge in [-0.05, 0) is 32.1 Å². The van der Waals surface area contributed by atoms with Crippen LogP contribution in [0.1, 0.15) is 32.1 Å². The molecule has 1 atom stereocenters. The van der Waals surface area contributed by atoms with Gasteiger partial charge in [-0.25, -0.2) is 9.97 Å². The van der Waals surface area contributed by atoms with E-state index in [1.165, 1.54) is 12.4 Å². The predicted molar refractivity (Wildman–Crippen MR) is 82.9 cm³/mol. The van der Waals surface area contributed by atoms with Crippen LogP contribution in [-0.2, 0) is 4.79 Å². The highest BCUT2D eigenvalue weighted by Gasteiger charge is 2.31. The Bertz CT molecular complexity index is 503. The molecule has 3 heterocycles. The Labute approximate surface area is 135 Å². The number of likely N-dealkylation sites (tertiary alicyclic amines) is 1. The molecule has 1 amide bonds. The summed E-state index contributed by atoms with van der Waals surface area (Å²) in [7, 11) is 0. The van der Waals surface area contributed by atoms with Gasteiger partial charge in [0.25, 0.3) is 0 Å². The number of amides is 1. The van der Waals surface area contributed by atoms with Gasteiger partial charge in [-0.15, -0.1) is 0 Å². The van der Waals surface area contributed by atoms with E-state index >= 15 is 0 Å². The lowest BCUT2D eigenvalue weighted by molar-refractivity contribution is -0.127. The van der Waals surface area contributed by atoms with E-state index in [9.17, 15) is 4.79 Å². The molecule has 0 radical (unpaired) electrons. The maximum atomic E-state index is 12.1. The van der Waals surface area contributed by atoms with Crippen LogP contribution in [0.25, 0.3) is 0 Å². The third kappa shape index (κ3) is 3.87. The Morgan fingerprint density at radius 3 is 2.64 bits per heavy atom. The Morgan fingerprint density at radius 1 is 1.18 bits per heavy atom. The maximum absolute atomic E-state index is 12.1. The number of hydrogen-bond donors (Lipinski definition) is 1. The van der Waals surface area contributed by atoms with Crippen molar-refractivity contribution >= 4 is 17.5 Å². The van der Waals surface area contributed by atoms with E-state index in [0.29, 0.717) is 11.0 Å². The standard InChI is InChI=1S/C15H21ClN4O2/c16-11-9-18-15(19-10-11)22-12-4-7-20(8-5-12)13-3-1-2-6-17-14(13)21/h9-10,12-13H,1-8H2,(H,17,21). The van der Waals surface area contributed by atoms with Crippen molar-refractivity contribution in [2.24, 2.45) is 0 Å². The van der Waals surface area contributed by atoms with Crippen LogP contribution in [-0.4, -0.2) is 52.6 Å². The van der Waals surface area contributed by atoms with Crippen molar-refractivity contribution in [3.63, 3.8) is 0 Å². The topological polar surface area (TPSA) is 67.4 Å². The fourth-order valence-electron chi connectivity index (χ4n) is 3.09. The first-order chi connectivity index (χ1) is 10.7. The number of halogens is 1. The molecule has 0 saturated carbocycles. The summed E-state index contributed by atoms with van der Waals surface area (Å²) in [5.41, 5.74) is 0. The van der Waals surface area contributed by atoms with Gasteiger partial charge in [-0.1, -0.05) is 11.6 Å². The Hall–Kier alpha value is -1.40. The zero-order valence-corrected chi connectivity index (χ0v) is 13.3. The predicted octanol–water partition coefficient (Wildman–Crippen LogP) is 1.64. The largest absolute Gasteiger partial charge is 0.460 e. The zero-order chi connectivity index (χ0) is 15.4. The van der Waals surface area contributed by atoms with E-state index in [-0.39, 0.29) is 18.1 Å². The molecule has 0 aliphatic carbocycles. The molecule has 3 rings (SSSR count). The molecule has 1 aromatic heterocycles. The van der Waals surface area contributed by atoms with Crippen LogP contribution in [0.3, 0.4) is 0 Å². The second-order valence-electron chi connectivity index (χ2n) is 5.84. The molecule has 2 fully saturated rings. The summed E-state index contributed by atoms with van der Waals surface area (Å²) in [6.45, 7) is 2.55. The van der Waals surface area contributed by atoms with Crippen LogP contribution >= 0.6 is 11.6 Å². The summed E-state index contributed by atoms with van der Waals surface area (Å²) in [6, 6.07) is 0.394. The van der Waals surface area contributed by atoms with Crippen molar-refractivity contribution in [2.45, 2.75) is 44.2 Å². The van der Waals surface area contributed by atoms with Crippen LogP contribution in [0, 0.1) is 0 Å². The molecule has 0 spiro atoms. The van der Waals surface area contributed by atoms with Gasteiger partial charge in [-0.3, -0.25) is 9.69 Å². The molecule has 2 saturated heterocycles. The van der Waals surface area contributed by atoms with Crippen molar-refractivity contribution in [2.75, 3.05) is 19.6 Å². The van der Waals surface area contributed by atoms with Gasteiger partial charge < -0.3 is 10.1 Å². The summed E-state index contributed by atoms with van der Waals surface area (Å²) in [4.78, 5) is 22.5. The van der Waals surface area contributed by atoms with E-state index in [2.05, 4.69) is 20.2 Å². The van der Waals surface area contributed by atoms with Crippen LogP contribution in [0.2, 0.25) is 5.02 Å². The Kier molecular flexibility index (Phi) is 5.10. The van der Waals surface area contributed by atoms with E-state index in [0.717, 1.165) is 51.7 Å². The summed E-state index contributed by atoms with van der Waals surface area (Å²) in [5, 5.41) is 3.51. The maximum Gasteiger partial charge on any atom is 0.316 e. The first-order valence-electron chi connectivity index (χ1n) is 7.88. The van der Waals surface area contributed by atoms with E-state index in [4.69, 9.17) is 16.3 Å². The summed E-state index contributed by atoms with van der Waals surface area (Å²) >= 11 is 5.76. The summed E-state index contributed by atoms with van der Waals surface area (Å²) < 4.78 is 5.79. The number of nitrogens with one attached hydrogen (secondary N) is 1. The minimum Gasteiger partial charge on any atom is -0.460 e. The molecule has 1 N–H and O–H groups in total. The number of carbonyl (C=O) groups excluding carboxylic acids is 1. The number of aromatic nitrogens is 2. The molecule has 0 bridgehead atoms. The van der Waals surface area contributed by atoms with Gasteiger partial charge in [-0.2, -0.15) is 0 Å². The molecule has 6 nitrogen and oxygen atoms in total. The highest BCUT2D eigenvalue weighted by molar-refractivity contribution is 6.30. The smallest absolute Gasteiger partial charge is 0.316 e. The molecule has 1 unspecified atom stereocenters. The normalized spacial score (nSPS) is 24.6. The number of ether oxygens (including phenoxy) is 1. The van der Waals surface area contributed by atoms with Gasteiger partial charge in [0.15, 0.2) is 0 Å². The third-order valence-corrected chi connectivity index (χ3v) is 4.49. The van der Waals surface area contributed by atoms with Gasteiger partial charge in [0.1, 0.15) is 6.10 Å². The molecule has 120 valence electrons. The van der Waals surface area contributed by atoms with Gasteiger partial charge >= 0.3 is 6.01 Å². The van der Waals surface area contributed by atoms with Gasteiger partial charge in [0.2, 0.25) is 5.91 Å². The van der Waals surface area contributed by atoms with Crippen molar-refractivity contribution in [3.05, 3.63) is 17.4 Å². The summed E-state index contributed by atoms with van der Waals surface area (Å²) in [5.74, 6) is 0.179. The second-order valence-corrected chi connectivity index (χ2v) is 6.28. The number of rotatable bonds is 3. The average Bonchev–Trinajstić information content (AvgIpc) is 2.75. The minimum atomic E-state index is 0.0234. The minimum absolute atomic E-state index is 0.0234.